The van der Waals surface area contributed by atoms with Crippen molar-refractivity contribution in [1.29, 1.82) is 0 Å². The fourth-order valence-corrected chi connectivity index (χ4v) is 2.30. The van der Waals surface area contributed by atoms with Crippen LogP contribution in [0.15, 0.2) is 18.2 Å². The average Bonchev–Trinajstić information content (AvgIpc) is 2.36. The number of phenols is 1. The highest BCUT2D eigenvalue weighted by Crippen LogP contribution is 2.24. The van der Waals surface area contributed by atoms with Crippen LogP contribution in [0.25, 0.3) is 0 Å². The number of benzene rings is 1. The van der Waals surface area contributed by atoms with Gasteiger partial charge in [0.15, 0.2) is 0 Å². The normalized spacial score (nSPS) is 12.6. The van der Waals surface area contributed by atoms with Gasteiger partial charge in [0, 0.05) is 17.1 Å². The Morgan fingerprint density at radius 1 is 1.33 bits per heavy atom. The van der Waals surface area contributed by atoms with E-state index in [1.807, 2.05) is 6.07 Å². The van der Waals surface area contributed by atoms with Crippen LogP contribution in [-0.4, -0.2) is 11.7 Å². The number of hydrogen-bond donors (Lipinski definition) is 2. The predicted molar refractivity (Wildman–Crippen MR) is 78.1 cm³/mol. The Balaban J connectivity index is 2.40. The van der Waals surface area contributed by atoms with Gasteiger partial charge in [-0.25, -0.2) is 0 Å². The maximum atomic E-state index is 9.73. The van der Waals surface area contributed by atoms with Gasteiger partial charge in [0.05, 0.1) is 0 Å². The lowest BCUT2D eigenvalue weighted by atomic mass is 9.99. The maximum Gasteiger partial charge on any atom is 0.121 e. The molecule has 1 rings (SSSR count). The van der Waals surface area contributed by atoms with E-state index < -0.39 is 0 Å². The van der Waals surface area contributed by atoms with E-state index in [0.29, 0.717) is 11.6 Å². The second-order valence-corrected chi connectivity index (χ2v) is 5.19. The molecule has 2 N–H and O–H groups in total. The SMILES string of the molecule is CCCCC(CC)CNCc1c(O)cccc1Cl. The van der Waals surface area contributed by atoms with E-state index in [0.717, 1.165) is 18.0 Å². The van der Waals surface area contributed by atoms with Crippen molar-refractivity contribution < 1.29 is 5.11 Å². The van der Waals surface area contributed by atoms with Gasteiger partial charge in [-0.2, -0.15) is 0 Å². The van der Waals surface area contributed by atoms with Gasteiger partial charge in [0.25, 0.3) is 0 Å². The lowest BCUT2D eigenvalue weighted by Crippen LogP contribution is -2.22. The van der Waals surface area contributed by atoms with E-state index in [1.165, 1.54) is 25.7 Å². The molecule has 1 unspecified atom stereocenters. The first-order valence-electron chi connectivity index (χ1n) is 6.86. The number of halogens is 1. The number of unbranched alkanes of at least 4 members (excludes halogenated alkanes) is 1. The van der Waals surface area contributed by atoms with Crippen molar-refractivity contribution >= 4 is 11.6 Å². The summed E-state index contributed by atoms with van der Waals surface area (Å²) in [5.74, 6) is 0.992. The zero-order chi connectivity index (χ0) is 13.4. The third-order valence-electron chi connectivity index (χ3n) is 3.37. The highest BCUT2D eigenvalue weighted by atomic mass is 35.5. The van der Waals surface area contributed by atoms with Crippen molar-refractivity contribution in [1.82, 2.24) is 5.32 Å². The summed E-state index contributed by atoms with van der Waals surface area (Å²) in [6.07, 6.45) is 5.01. The van der Waals surface area contributed by atoms with Crippen LogP contribution in [-0.2, 0) is 6.54 Å². The molecule has 1 aromatic rings. The van der Waals surface area contributed by atoms with Gasteiger partial charge in [-0.15, -0.1) is 0 Å². The summed E-state index contributed by atoms with van der Waals surface area (Å²) < 4.78 is 0. The van der Waals surface area contributed by atoms with E-state index in [9.17, 15) is 5.11 Å². The Morgan fingerprint density at radius 2 is 2.11 bits per heavy atom. The Morgan fingerprint density at radius 3 is 2.72 bits per heavy atom. The zero-order valence-corrected chi connectivity index (χ0v) is 12.1. The Kier molecular flexibility index (Phi) is 7.14. The third-order valence-corrected chi connectivity index (χ3v) is 3.73. The van der Waals surface area contributed by atoms with Crippen LogP contribution < -0.4 is 5.32 Å². The van der Waals surface area contributed by atoms with Crippen molar-refractivity contribution in [3.63, 3.8) is 0 Å². The van der Waals surface area contributed by atoms with Crippen LogP contribution in [0.1, 0.15) is 45.1 Å². The molecule has 0 saturated heterocycles. The smallest absolute Gasteiger partial charge is 0.121 e. The van der Waals surface area contributed by atoms with Gasteiger partial charge >= 0.3 is 0 Å². The average molecular weight is 270 g/mol. The zero-order valence-electron chi connectivity index (χ0n) is 11.4. The van der Waals surface area contributed by atoms with Crippen molar-refractivity contribution in [2.75, 3.05) is 6.54 Å². The van der Waals surface area contributed by atoms with Gasteiger partial charge in [-0.05, 0) is 31.0 Å². The lowest BCUT2D eigenvalue weighted by Gasteiger charge is -2.16. The highest BCUT2D eigenvalue weighted by Gasteiger charge is 2.08. The predicted octanol–water partition coefficient (Wildman–Crippen LogP) is 4.35. The Bertz CT molecular complexity index is 334. The maximum absolute atomic E-state index is 9.73. The molecular formula is C15H24ClNO. The largest absolute Gasteiger partial charge is 0.508 e. The molecular weight excluding hydrogens is 246 g/mol. The second kappa shape index (κ2) is 8.39. The number of nitrogens with one attached hydrogen (secondary N) is 1. The van der Waals surface area contributed by atoms with Gasteiger partial charge < -0.3 is 10.4 Å². The monoisotopic (exact) mass is 269 g/mol. The first-order valence-corrected chi connectivity index (χ1v) is 7.23. The third kappa shape index (κ3) is 4.87. The number of aromatic hydroxyl groups is 1. The van der Waals surface area contributed by atoms with Crippen LogP contribution in [0.4, 0.5) is 0 Å². The molecule has 102 valence electrons. The molecule has 18 heavy (non-hydrogen) atoms. The van der Waals surface area contributed by atoms with E-state index in [1.54, 1.807) is 12.1 Å². The topological polar surface area (TPSA) is 32.3 Å². The van der Waals surface area contributed by atoms with Gasteiger partial charge in [0.1, 0.15) is 5.75 Å². The van der Waals surface area contributed by atoms with Crippen LogP contribution in [0.3, 0.4) is 0 Å². The van der Waals surface area contributed by atoms with Crippen LogP contribution >= 0.6 is 11.6 Å². The molecule has 3 heteroatoms. The fraction of sp³-hybridized carbons (Fsp3) is 0.600. The molecule has 0 aliphatic heterocycles. The van der Waals surface area contributed by atoms with Crippen molar-refractivity contribution in [3.8, 4) is 5.75 Å². The quantitative estimate of drug-likeness (QED) is 0.735. The van der Waals surface area contributed by atoms with Crippen LogP contribution in [0.5, 0.6) is 5.75 Å². The number of rotatable bonds is 8. The summed E-state index contributed by atoms with van der Waals surface area (Å²) in [7, 11) is 0. The van der Waals surface area contributed by atoms with Crippen molar-refractivity contribution in [2.45, 2.75) is 46.1 Å². The van der Waals surface area contributed by atoms with Crippen LogP contribution in [0, 0.1) is 5.92 Å². The molecule has 1 atom stereocenters. The highest BCUT2D eigenvalue weighted by molar-refractivity contribution is 6.31. The van der Waals surface area contributed by atoms with E-state index in [4.69, 9.17) is 11.6 Å². The molecule has 2 nitrogen and oxygen atoms in total. The minimum atomic E-state index is 0.275. The van der Waals surface area contributed by atoms with Gasteiger partial charge in [-0.1, -0.05) is 50.8 Å². The summed E-state index contributed by atoms with van der Waals surface area (Å²) in [6, 6.07) is 5.25. The Labute approximate surface area is 115 Å². The van der Waals surface area contributed by atoms with Gasteiger partial charge in [0.2, 0.25) is 0 Å². The molecule has 0 bridgehead atoms. The Hall–Kier alpha value is -0.730. The van der Waals surface area contributed by atoms with E-state index >= 15 is 0 Å². The molecule has 0 saturated carbocycles. The summed E-state index contributed by atoms with van der Waals surface area (Å²) in [4.78, 5) is 0. The minimum absolute atomic E-state index is 0.275. The second-order valence-electron chi connectivity index (χ2n) is 4.78. The van der Waals surface area contributed by atoms with Crippen LogP contribution in [0.2, 0.25) is 5.02 Å². The van der Waals surface area contributed by atoms with Gasteiger partial charge in [-0.3, -0.25) is 0 Å². The molecule has 1 aromatic carbocycles. The molecule has 0 aromatic heterocycles. The molecule has 0 radical (unpaired) electrons. The minimum Gasteiger partial charge on any atom is -0.508 e. The summed E-state index contributed by atoms with van der Waals surface area (Å²) >= 11 is 6.06. The molecule has 0 aliphatic carbocycles. The van der Waals surface area contributed by atoms with E-state index in [-0.39, 0.29) is 5.75 Å². The molecule has 0 aliphatic rings. The summed E-state index contributed by atoms with van der Waals surface area (Å²) in [5, 5.41) is 13.8. The number of hydrogen-bond acceptors (Lipinski definition) is 2. The summed E-state index contributed by atoms with van der Waals surface area (Å²) in [5.41, 5.74) is 0.796. The fourth-order valence-electron chi connectivity index (χ4n) is 2.07. The van der Waals surface area contributed by atoms with E-state index in [2.05, 4.69) is 19.2 Å². The standard InChI is InChI=1S/C15H24ClNO/c1-3-5-7-12(4-2)10-17-11-13-14(16)8-6-9-15(13)18/h6,8-9,12,17-18H,3-5,7,10-11H2,1-2H3. The lowest BCUT2D eigenvalue weighted by molar-refractivity contribution is 0.414. The first-order chi connectivity index (χ1) is 8.69. The number of phenolic OH excluding ortho intramolecular Hbond substituents is 1. The molecule has 0 heterocycles. The summed E-state index contributed by atoms with van der Waals surface area (Å²) in [6.45, 7) is 6.08. The molecule has 0 spiro atoms. The van der Waals surface area contributed by atoms with Crippen molar-refractivity contribution in [3.05, 3.63) is 28.8 Å². The van der Waals surface area contributed by atoms with Crippen molar-refractivity contribution in [2.24, 2.45) is 5.92 Å². The molecule has 0 amide bonds. The first kappa shape index (κ1) is 15.3. The molecule has 0 fully saturated rings.